The number of aliphatic hydroxyl groups is 1. The topological polar surface area (TPSA) is 35.5 Å². The molecule has 2 fully saturated rings. The van der Waals surface area contributed by atoms with Crippen molar-refractivity contribution in [2.45, 2.75) is 82.8 Å². The smallest absolute Gasteiger partial charge is 0.0613 e. The Bertz CT molecular complexity index is 289. The van der Waals surface area contributed by atoms with Gasteiger partial charge in [-0.1, -0.05) is 26.7 Å². The summed E-state index contributed by atoms with van der Waals surface area (Å²) < 4.78 is 0. The second-order valence-corrected chi connectivity index (χ2v) is 7.58. The van der Waals surface area contributed by atoms with E-state index in [1.807, 2.05) is 0 Å². The average molecular weight is 282 g/mol. The molecule has 3 heteroatoms. The Morgan fingerprint density at radius 3 is 2.50 bits per heavy atom. The molecular weight excluding hydrogens is 248 g/mol. The Morgan fingerprint density at radius 2 is 1.90 bits per heavy atom. The maximum atomic E-state index is 9.89. The van der Waals surface area contributed by atoms with Crippen molar-refractivity contribution in [1.82, 2.24) is 10.2 Å². The summed E-state index contributed by atoms with van der Waals surface area (Å²) in [6.45, 7) is 5.90. The van der Waals surface area contributed by atoms with Gasteiger partial charge in [0.1, 0.15) is 0 Å². The number of nitrogens with zero attached hydrogens (tertiary/aromatic N) is 1. The van der Waals surface area contributed by atoms with Crippen LogP contribution in [0.1, 0.15) is 65.2 Å². The Kier molecular flexibility index (Phi) is 5.88. The van der Waals surface area contributed by atoms with Gasteiger partial charge in [0.15, 0.2) is 0 Å². The molecule has 2 saturated carbocycles. The minimum absolute atomic E-state index is 0.0407. The fourth-order valence-corrected chi connectivity index (χ4v) is 4.39. The third-order valence-corrected chi connectivity index (χ3v) is 5.36. The molecule has 0 radical (unpaired) electrons. The highest BCUT2D eigenvalue weighted by molar-refractivity contribution is 4.97. The highest BCUT2D eigenvalue weighted by Gasteiger charge is 2.37. The van der Waals surface area contributed by atoms with Crippen molar-refractivity contribution in [1.29, 1.82) is 0 Å². The Labute approximate surface area is 125 Å². The summed E-state index contributed by atoms with van der Waals surface area (Å²) in [6.07, 6.45) is 10.5. The standard InChI is InChI=1S/C17H34N2O/c1-14(2)18-17(13-20)10-6-9-16(11-17)19(3)12-15-7-4-5-8-15/h14-16,18,20H,4-13H2,1-3H3. The summed E-state index contributed by atoms with van der Waals surface area (Å²) in [5.41, 5.74) is -0.0407. The first-order chi connectivity index (χ1) is 9.54. The van der Waals surface area contributed by atoms with E-state index in [-0.39, 0.29) is 12.1 Å². The molecule has 3 nitrogen and oxygen atoms in total. The third-order valence-electron chi connectivity index (χ3n) is 5.36. The summed E-state index contributed by atoms with van der Waals surface area (Å²) in [7, 11) is 2.30. The second-order valence-electron chi connectivity index (χ2n) is 7.58. The zero-order valence-electron chi connectivity index (χ0n) is 13.7. The largest absolute Gasteiger partial charge is 0.394 e. The van der Waals surface area contributed by atoms with E-state index in [1.165, 1.54) is 45.1 Å². The van der Waals surface area contributed by atoms with Gasteiger partial charge in [0, 0.05) is 24.2 Å². The van der Waals surface area contributed by atoms with Crippen LogP contribution in [-0.2, 0) is 0 Å². The van der Waals surface area contributed by atoms with Gasteiger partial charge in [0.25, 0.3) is 0 Å². The van der Waals surface area contributed by atoms with Gasteiger partial charge >= 0.3 is 0 Å². The number of nitrogens with one attached hydrogen (secondary N) is 1. The quantitative estimate of drug-likeness (QED) is 0.786. The van der Waals surface area contributed by atoms with Crippen LogP contribution < -0.4 is 5.32 Å². The van der Waals surface area contributed by atoms with Crippen LogP contribution in [-0.4, -0.2) is 47.8 Å². The lowest BCUT2D eigenvalue weighted by atomic mass is 9.78. The fourth-order valence-electron chi connectivity index (χ4n) is 4.39. The maximum Gasteiger partial charge on any atom is 0.0613 e. The van der Waals surface area contributed by atoms with Crippen molar-refractivity contribution < 1.29 is 5.11 Å². The van der Waals surface area contributed by atoms with Crippen molar-refractivity contribution in [2.24, 2.45) is 5.92 Å². The molecule has 2 aliphatic rings. The third kappa shape index (κ3) is 4.19. The summed E-state index contributed by atoms with van der Waals surface area (Å²) in [5.74, 6) is 0.920. The molecule has 0 amide bonds. The Hall–Kier alpha value is -0.120. The van der Waals surface area contributed by atoms with Crippen LogP contribution >= 0.6 is 0 Å². The van der Waals surface area contributed by atoms with E-state index in [1.54, 1.807) is 0 Å². The first-order valence-electron chi connectivity index (χ1n) is 8.63. The first kappa shape index (κ1) is 16.3. The molecule has 0 aromatic heterocycles. The van der Waals surface area contributed by atoms with Crippen molar-refractivity contribution in [3.05, 3.63) is 0 Å². The van der Waals surface area contributed by atoms with Gasteiger partial charge in [0.05, 0.1) is 6.61 Å². The summed E-state index contributed by atoms with van der Waals surface area (Å²) in [6, 6.07) is 1.09. The normalized spacial score (nSPS) is 32.4. The molecule has 20 heavy (non-hydrogen) atoms. The second kappa shape index (κ2) is 7.24. The molecule has 2 rings (SSSR count). The van der Waals surface area contributed by atoms with Crippen molar-refractivity contribution >= 4 is 0 Å². The van der Waals surface area contributed by atoms with Crippen LogP contribution in [0.2, 0.25) is 0 Å². The Morgan fingerprint density at radius 1 is 1.20 bits per heavy atom. The van der Waals surface area contributed by atoms with E-state index in [2.05, 4.69) is 31.1 Å². The van der Waals surface area contributed by atoms with Crippen molar-refractivity contribution in [2.75, 3.05) is 20.2 Å². The molecule has 2 unspecified atom stereocenters. The molecule has 0 spiro atoms. The van der Waals surface area contributed by atoms with Crippen LogP contribution in [0.4, 0.5) is 0 Å². The van der Waals surface area contributed by atoms with Gasteiger partial charge in [-0.2, -0.15) is 0 Å². The number of hydrogen-bond acceptors (Lipinski definition) is 3. The molecule has 2 aliphatic carbocycles. The lowest BCUT2D eigenvalue weighted by molar-refractivity contribution is 0.0588. The minimum atomic E-state index is -0.0407. The van der Waals surface area contributed by atoms with Crippen LogP contribution in [0.15, 0.2) is 0 Å². The van der Waals surface area contributed by atoms with Gasteiger partial charge in [-0.25, -0.2) is 0 Å². The number of aliphatic hydroxyl groups excluding tert-OH is 1. The highest BCUT2D eigenvalue weighted by atomic mass is 16.3. The molecule has 0 saturated heterocycles. The molecule has 0 aliphatic heterocycles. The molecule has 0 aromatic carbocycles. The summed E-state index contributed by atoms with van der Waals surface area (Å²) >= 11 is 0. The van der Waals surface area contributed by atoms with Gasteiger partial charge in [-0.05, 0) is 51.5 Å². The lowest BCUT2D eigenvalue weighted by Gasteiger charge is -2.45. The van der Waals surface area contributed by atoms with Crippen LogP contribution in [0.3, 0.4) is 0 Å². The minimum Gasteiger partial charge on any atom is -0.394 e. The summed E-state index contributed by atoms with van der Waals surface area (Å²) in [5, 5.41) is 13.5. The zero-order valence-corrected chi connectivity index (χ0v) is 13.7. The molecule has 0 bridgehead atoms. The number of hydrogen-bond donors (Lipinski definition) is 2. The van der Waals surface area contributed by atoms with Gasteiger partial charge < -0.3 is 15.3 Å². The van der Waals surface area contributed by atoms with Crippen molar-refractivity contribution in [3.8, 4) is 0 Å². The molecule has 118 valence electrons. The van der Waals surface area contributed by atoms with Gasteiger partial charge in [-0.15, -0.1) is 0 Å². The van der Waals surface area contributed by atoms with Crippen LogP contribution in [0.5, 0.6) is 0 Å². The highest BCUT2D eigenvalue weighted by Crippen LogP contribution is 2.33. The number of rotatable bonds is 6. The zero-order chi connectivity index (χ0) is 14.6. The van der Waals surface area contributed by atoms with Crippen LogP contribution in [0, 0.1) is 5.92 Å². The van der Waals surface area contributed by atoms with Crippen molar-refractivity contribution in [3.63, 3.8) is 0 Å². The molecule has 0 heterocycles. The Balaban J connectivity index is 1.90. The predicted octanol–water partition coefficient (Wildman–Crippen LogP) is 2.78. The molecule has 0 aromatic rings. The van der Waals surface area contributed by atoms with Crippen LogP contribution in [0.25, 0.3) is 0 Å². The monoisotopic (exact) mass is 282 g/mol. The van der Waals surface area contributed by atoms with Gasteiger partial charge in [0.2, 0.25) is 0 Å². The van der Waals surface area contributed by atoms with E-state index in [0.29, 0.717) is 12.1 Å². The van der Waals surface area contributed by atoms with E-state index < -0.39 is 0 Å². The van der Waals surface area contributed by atoms with Gasteiger partial charge in [-0.3, -0.25) is 0 Å². The molecule has 2 N–H and O–H groups in total. The summed E-state index contributed by atoms with van der Waals surface area (Å²) in [4.78, 5) is 2.58. The molecule has 2 atom stereocenters. The predicted molar refractivity (Wildman–Crippen MR) is 84.9 cm³/mol. The maximum absolute atomic E-state index is 9.89. The van der Waals surface area contributed by atoms with E-state index in [0.717, 1.165) is 18.8 Å². The fraction of sp³-hybridized carbons (Fsp3) is 1.00. The first-order valence-corrected chi connectivity index (χ1v) is 8.63. The van der Waals surface area contributed by atoms with E-state index in [4.69, 9.17) is 0 Å². The van der Waals surface area contributed by atoms with E-state index >= 15 is 0 Å². The van der Waals surface area contributed by atoms with E-state index in [9.17, 15) is 5.11 Å². The SMILES string of the molecule is CC(C)NC1(CO)CCCC(N(C)CC2CCCC2)C1. The molecular formula is C17H34N2O. The lowest BCUT2D eigenvalue weighted by Crippen LogP contribution is -2.57. The average Bonchev–Trinajstić information content (AvgIpc) is 2.91.